The minimum atomic E-state index is -0.534. The van der Waals surface area contributed by atoms with Gasteiger partial charge in [0.05, 0.1) is 7.11 Å². The number of carbonyl (C=O) groups excluding carboxylic acids is 2. The monoisotopic (exact) mass is 358 g/mol. The zero-order valence-electron chi connectivity index (χ0n) is 14.6. The molecule has 0 aromatic heterocycles. The number of hydrogen-bond acceptors (Lipinski definition) is 5. The molecule has 0 saturated carbocycles. The van der Waals surface area contributed by atoms with Crippen LogP contribution in [-0.2, 0) is 16.1 Å². The first-order chi connectivity index (χ1) is 12.7. The van der Waals surface area contributed by atoms with Gasteiger partial charge in [0, 0.05) is 13.1 Å². The minimum Gasteiger partial charge on any atom is -0.493 e. The van der Waals surface area contributed by atoms with Crippen molar-refractivity contribution in [2.24, 2.45) is 0 Å². The molecule has 2 rings (SSSR count). The lowest BCUT2D eigenvalue weighted by Crippen LogP contribution is -2.37. The van der Waals surface area contributed by atoms with Crippen LogP contribution >= 0.6 is 0 Å². The summed E-state index contributed by atoms with van der Waals surface area (Å²) in [4.78, 5) is 23.3. The maximum Gasteiger partial charge on any atom is 0.407 e. The highest BCUT2D eigenvalue weighted by Gasteiger charge is 2.07. The number of methoxy groups -OCH3 is 1. The number of para-hydroxylation sites is 2. The molecule has 7 heteroatoms. The van der Waals surface area contributed by atoms with E-state index in [-0.39, 0.29) is 32.2 Å². The lowest BCUT2D eigenvalue weighted by Gasteiger charge is -2.11. The third kappa shape index (κ3) is 6.72. The SMILES string of the molecule is COc1ccccc1OCC(=O)NCCNC(=O)OCc1ccccc1. The van der Waals surface area contributed by atoms with E-state index in [2.05, 4.69) is 10.6 Å². The summed E-state index contributed by atoms with van der Waals surface area (Å²) >= 11 is 0. The summed E-state index contributed by atoms with van der Waals surface area (Å²) in [5.74, 6) is 0.756. The van der Waals surface area contributed by atoms with Crippen LogP contribution in [0.2, 0.25) is 0 Å². The molecule has 2 N–H and O–H groups in total. The third-order valence-electron chi connectivity index (χ3n) is 3.36. The Balaban J connectivity index is 1.57. The Morgan fingerprint density at radius 1 is 0.885 bits per heavy atom. The molecule has 2 aromatic rings. The Morgan fingerprint density at radius 3 is 2.27 bits per heavy atom. The van der Waals surface area contributed by atoms with Gasteiger partial charge in [-0.15, -0.1) is 0 Å². The number of hydrogen-bond donors (Lipinski definition) is 2. The molecular weight excluding hydrogens is 336 g/mol. The van der Waals surface area contributed by atoms with Crippen molar-refractivity contribution < 1.29 is 23.8 Å². The Kier molecular flexibility index (Phi) is 7.79. The van der Waals surface area contributed by atoms with Crippen molar-refractivity contribution in [3.63, 3.8) is 0 Å². The van der Waals surface area contributed by atoms with Crippen LogP contribution in [-0.4, -0.2) is 38.8 Å². The average molecular weight is 358 g/mol. The van der Waals surface area contributed by atoms with Crippen LogP contribution < -0.4 is 20.1 Å². The van der Waals surface area contributed by atoms with Gasteiger partial charge in [0.2, 0.25) is 0 Å². The third-order valence-corrected chi connectivity index (χ3v) is 3.36. The minimum absolute atomic E-state index is 0.140. The van der Waals surface area contributed by atoms with Crippen molar-refractivity contribution >= 4 is 12.0 Å². The molecule has 2 amide bonds. The normalized spacial score (nSPS) is 9.88. The molecule has 0 atom stereocenters. The predicted octanol–water partition coefficient (Wildman–Crippen LogP) is 2.12. The van der Waals surface area contributed by atoms with Crippen molar-refractivity contribution in [2.45, 2.75) is 6.61 Å². The first-order valence-electron chi connectivity index (χ1n) is 8.16. The molecule has 7 nitrogen and oxygen atoms in total. The van der Waals surface area contributed by atoms with Crippen molar-refractivity contribution in [1.29, 1.82) is 0 Å². The zero-order chi connectivity index (χ0) is 18.6. The molecule has 0 saturated heterocycles. The molecule has 2 aromatic carbocycles. The Hall–Kier alpha value is -3.22. The molecule has 0 heterocycles. The van der Waals surface area contributed by atoms with Gasteiger partial charge in [-0.05, 0) is 17.7 Å². The van der Waals surface area contributed by atoms with Gasteiger partial charge in [0.15, 0.2) is 18.1 Å². The number of amides is 2. The molecule has 0 aliphatic carbocycles. The first kappa shape index (κ1) is 19.1. The molecule has 138 valence electrons. The second kappa shape index (κ2) is 10.6. The van der Waals surface area contributed by atoms with Crippen LogP contribution in [0.1, 0.15) is 5.56 Å². The van der Waals surface area contributed by atoms with Gasteiger partial charge < -0.3 is 24.8 Å². The summed E-state index contributed by atoms with van der Waals surface area (Å²) in [6.45, 7) is 0.590. The van der Waals surface area contributed by atoms with E-state index in [9.17, 15) is 9.59 Å². The molecule has 0 radical (unpaired) electrons. The van der Waals surface area contributed by atoms with Crippen LogP contribution in [0, 0.1) is 0 Å². The van der Waals surface area contributed by atoms with Gasteiger partial charge in [-0.1, -0.05) is 42.5 Å². The number of alkyl carbamates (subject to hydrolysis) is 1. The van der Waals surface area contributed by atoms with Gasteiger partial charge in [0.25, 0.3) is 5.91 Å². The number of ether oxygens (including phenoxy) is 3. The number of carbonyl (C=O) groups is 2. The average Bonchev–Trinajstić information content (AvgIpc) is 2.69. The highest BCUT2D eigenvalue weighted by atomic mass is 16.5. The summed E-state index contributed by atoms with van der Waals surface area (Å²) in [6, 6.07) is 16.5. The van der Waals surface area contributed by atoms with E-state index < -0.39 is 6.09 Å². The maximum atomic E-state index is 11.8. The van der Waals surface area contributed by atoms with Crippen LogP contribution in [0.5, 0.6) is 11.5 Å². The fourth-order valence-corrected chi connectivity index (χ4v) is 2.07. The fraction of sp³-hybridized carbons (Fsp3) is 0.263. The summed E-state index contributed by atoms with van der Waals surface area (Å²) in [5.41, 5.74) is 0.907. The smallest absolute Gasteiger partial charge is 0.407 e. The van der Waals surface area contributed by atoms with Gasteiger partial charge in [-0.25, -0.2) is 4.79 Å². The van der Waals surface area contributed by atoms with E-state index in [0.29, 0.717) is 11.5 Å². The van der Waals surface area contributed by atoms with E-state index in [4.69, 9.17) is 14.2 Å². The summed E-state index contributed by atoms with van der Waals surface area (Å²) < 4.78 is 15.6. The van der Waals surface area contributed by atoms with Gasteiger partial charge >= 0.3 is 6.09 Å². The van der Waals surface area contributed by atoms with Gasteiger partial charge in [0.1, 0.15) is 6.61 Å². The van der Waals surface area contributed by atoms with E-state index in [1.54, 1.807) is 18.2 Å². The molecule has 0 unspecified atom stereocenters. The fourth-order valence-electron chi connectivity index (χ4n) is 2.07. The number of benzene rings is 2. The van der Waals surface area contributed by atoms with Gasteiger partial charge in [-0.2, -0.15) is 0 Å². The topological polar surface area (TPSA) is 85.9 Å². The molecular formula is C19H22N2O5. The van der Waals surface area contributed by atoms with Crippen molar-refractivity contribution in [3.05, 3.63) is 60.2 Å². The number of rotatable bonds is 9. The maximum absolute atomic E-state index is 11.8. The molecule has 0 aliphatic rings. The molecule has 0 spiro atoms. The molecule has 0 aliphatic heterocycles. The predicted molar refractivity (Wildman–Crippen MR) is 96.1 cm³/mol. The van der Waals surface area contributed by atoms with Crippen LogP contribution in [0.25, 0.3) is 0 Å². The highest BCUT2D eigenvalue weighted by molar-refractivity contribution is 5.77. The standard InChI is InChI=1S/C19H22N2O5/c1-24-16-9-5-6-10-17(16)25-14-18(22)20-11-12-21-19(23)26-13-15-7-3-2-4-8-15/h2-10H,11-14H2,1H3,(H,20,22)(H,21,23). The lowest BCUT2D eigenvalue weighted by atomic mass is 10.2. The summed E-state index contributed by atoms with van der Waals surface area (Å²) in [5, 5.41) is 5.21. The zero-order valence-corrected chi connectivity index (χ0v) is 14.6. The van der Waals surface area contributed by atoms with E-state index >= 15 is 0 Å². The van der Waals surface area contributed by atoms with E-state index in [1.807, 2.05) is 36.4 Å². The second-order valence-electron chi connectivity index (χ2n) is 5.28. The lowest BCUT2D eigenvalue weighted by molar-refractivity contribution is -0.123. The summed E-state index contributed by atoms with van der Waals surface area (Å²) in [7, 11) is 1.53. The molecule has 0 bridgehead atoms. The Bertz CT molecular complexity index is 706. The van der Waals surface area contributed by atoms with Crippen LogP contribution in [0.4, 0.5) is 4.79 Å². The van der Waals surface area contributed by atoms with E-state index in [0.717, 1.165) is 5.56 Å². The quantitative estimate of drug-likeness (QED) is 0.671. The summed E-state index contributed by atoms with van der Waals surface area (Å²) in [6.07, 6.45) is -0.534. The molecule has 0 fully saturated rings. The van der Waals surface area contributed by atoms with Gasteiger partial charge in [-0.3, -0.25) is 4.79 Å². The highest BCUT2D eigenvalue weighted by Crippen LogP contribution is 2.25. The molecule has 26 heavy (non-hydrogen) atoms. The van der Waals surface area contributed by atoms with Crippen molar-refractivity contribution in [1.82, 2.24) is 10.6 Å². The van der Waals surface area contributed by atoms with E-state index in [1.165, 1.54) is 7.11 Å². The Morgan fingerprint density at radius 2 is 1.54 bits per heavy atom. The Labute approximate surface area is 152 Å². The number of nitrogens with one attached hydrogen (secondary N) is 2. The van der Waals surface area contributed by atoms with Crippen LogP contribution in [0.15, 0.2) is 54.6 Å². The second-order valence-corrected chi connectivity index (χ2v) is 5.28. The van der Waals surface area contributed by atoms with Crippen molar-refractivity contribution in [3.8, 4) is 11.5 Å². The van der Waals surface area contributed by atoms with Crippen LogP contribution in [0.3, 0.4) is 0 Å². The largest absolute Gasteiger partial charge is 0.493 e. The first-order valence-corrected chi connectivity index (χ1v) is 8.16. The van der Waals surface area contributed by atoms with Crippen molar-refractivity contribution in [2.75, 3.05) is 26.8 Å².